The zero-order chi connectivity index (χ0) is 11.5. The maximum absolute atomic E-state index is 11.9. The molecule has 0 bridgehead atoms. The predicted molar refractivity (Wildman–Crippen MR) is 61.9 cm³/mol. The molecule has 1 atom stereocenters. The lowest BCUT2D eigenvalue weighted by Crippen LogP contribution is -2.37. The van der Waals surface area contributed by atoms with E-state index < -0.39 is 0 Å². The van der Waals surface area contributed by atoms with Crippen molar-refractivity contribution in [2.75, 3.05) is 6.54 Å². The zero-order valence-electron chi connectivity index (χ0n) is 9.94. The fourth-order valence-electron chi connectivity index (χ4n) is 2.02. The highest BCUT2D eigenvalue weighted by atomic mass is 16.1. The molecule has 1 N–H and O–H groups in total. The molecule has 0 fully saturated rings. The molecule has 1 aromatic heterocycles. The summed E-state index contributed by atoms with van der Waals surface area (Å²) in [4.78, 5) is 16.2. The van der Waals surface area contributed by atoms with E-state index in [4.69, 9.17) is 0 Å². The number of aryl methyl sites for hydroxylation is 1. The normalized spacial score (nSPS) is 19.6. The summed E-state index contributed by atoms with van der Waals surface area (Å²) in [6.45, 7) is 5.89. The molecule has 88 valence electrons. The van der Waals surface area contributed by atoms with Crippen LogP contribution in [0, 0.1) is 11.8 Å². The van der Waals surface area contributed by atoms with E-state index in [-0.39, 0.29) is 11.8 Å². The Morgan fingerprint density at radius 2 is 2.50 bits per heavy atom. The Hall–Kier alpha value is -1.32. The smallest absolute Gasteiger partial charge is 0.223 e. The van der Waals surface area contributed by atoms with Crippen LogP contribution in [0.15, 0.2) is 12.4 Å². The topological polar surface area (TPSA) is 46.9 Å². The minimum Gasteiger partial charge on any atom is -0.356 e. The van der Waals surface area contributed by atoms with Crippen LogP contribution < -0.4 is 5.32 Å². The van der Waals surface area contributed by atoms with Crippen LogP contribution in [0.3, 0.4) is 0 Å². The van der Waals surface area contributed by atoms with Gasteiger partial charge >= 0.3 is 0 Å². The lowest BCUT2D eigenvalue weighted by molar-refractivity contribution is -0.125. The molecule has 1 unspecified atom stereocenters. The minimum absolute atomic E-state index is 0.105. The summed E-state index contributed by atoms with van der Waals surface area (Å²) in [7, 11) is 0. The van der Waals surface area contributed by atoms with Crippen molar-refractivity contribution < 1.29 is 4.79 Å². The third kappa shape index (κ3) is 2.43. The van der Waals surface area contributed by atoms with Crippen molar-refractivity contribution in [3.63, 3.8) is 0 Å². The Kier molecular flexibility index (Phi) is 3.27. The molecule has 0 saturated carbocycles. The summed E-state index contributed by atoms with van der Waals surface area (Å²) in [6, 6.07) is 0. The van der Waals surface area contributed by atoms with Crippen LogP contribution in [-0.2, 0) is 17.8 Å². The van der Waals surface area contributed by atoms with Crippen molar-refractivity contribution in [3.05, 3.63) is 18.2 Å². The molecule has 1 aliphatic heterocycles. The van der Waals surface area contributed by atoms with Gasteiger partial charge < -0.3 is 9.88 Å². The van der Waals surface area contributed by atoms with Crippen LogP contribution in [0.25, 0.3) is 0 Å². The molecule has 0 radical (unpaired) electrons. The fraction of sp³-hybridized carbons (Fsp3) is 0.667. The van der Waals surface area contributed by atoms with E-state index in [9.17, 15) is 4.79 Å². The van der Waals surface area contributed by atoms with Crippen LogP contribution in [0.2, 0.25) is 0 Å². The van der Waals surface area contributed by atoms with Gasteiger partial charge in [-0.2, -0.15) is 0 Å². The summed E-state index contributed by atoms with van der Waals surface area (Å²) >= 11 is 0. The van der Waals surface area contributed by atoms with E-state index in [1.54, 1.807) is 0 Å². The van der Waals surface area contributed by atoms with Crippen molar-refractivity contribution in [1.82, 2.24) is 14.9 Å². The molecule has 4 nitrogen and oxygen atoms in total. The second kappa shape index (κ2) is 4.68. The highest BCUT2D eigenvalue weighted by Crippen LogP contribution is 2.19. The third-order valence-corrected chi connectivity index (χ3v) is 3.00. The van der Waals surface area contributed by atoms with Crippen LogP contribution in [0.1, 0.15) is 26.1 Å². The number of imidazole rings is 1. The third-order valence-electron chi connectivity index (χ3n) is 3.00. The first-order valence-corrected chi connectivity index (χ1v) is 5.94. The number of fused-ring (bicyclic) bond motifs is 1. The summed E-state index contributed by atoms with van der Waals surface area (Å²) in [5, 5.41) is 3.00. The van der Waals surface area contributed by atoms with E-state index in [0.29, 0.717) is 5.92 Å². The van der Waals surface area contributed by atoms with Crippen molar-refractivity contribution >= 4 is 5.91 Å². The zero-order valence-corrected chi connectivity index (χ0v) is 9.94. The number of nitrogens with zero attached hydrogens (tertiary/aromatic N) is 2. The number of carbonyl (C=O) groups is 1. The van der Waals surface area contributed by atoms with Crippen molar-refractivity contribution in [2.24, 2.45) is 11.8 Å². The number of rotatable bonds is 3. The van der Waals surface area contributed by atoms with Gasteiger partial charge in [0, 0.05) is 37.8 Å². The summed E-state index contributed by atoms with van der Waals surface area (Å²) in [6.07, 6.45) is 5.49. The van der Waals surface area contributed by atoms with Gasteiger partial charge in [0.1, 0.15) is 5.82 Å². The van der Waals surface area contributed by atoms with Gasteiger partial charge in [0.2, 0.25) is 5.91 Å². The van der Waals surface area contributed by atoms with Gasteiger partial charge in [0.25, 0.3) is 0 Å². The number of hydrogen-bond acceptors (Lipinski definition) is 2. The van der Waals surface area contributed by atoms with Gasteiger partial charge in [-0.1, -0.05) is 13.8 Å². The maximum Gasteiger partial charge on any atom is 0.223 e. The Morgan fingerprint density at radius 1 is 1.69 bits per heavy atom. The summed E-state index contributed by atoms with van der Waals surface area (Å²) < 4.78 is 2.13. The number of aromatic nitrogens is 2. The average molecular weight is 221 g/mol. The van der Waals surface area contributed by atoms with Crippen molar-refractivity contribution in [3.8, 4) is 0 Å². The monoisotopic (exact) mass is 221 g/mol. The molecule has 0 spiro atoms. The van der Waals surface area contributed by atoms with E-state index in [1.165, 1.54) is 0 Å². The number of amides is 1. The highest BCUT2D eigenvalue weighted by molar-refractivity contribution is 5.78. The second-order valence-electron chi connectivity index (χ2n) is 4.87. The molecule has 4 heteroatoms. The first-order chi connectivity index (χ1) is 7.66. The van der Waals surface area contributed by atoms with E-state index in [2.05, 4.69) is 28.7 Å². The summed E-state index contributed by atoms with van der Waals surface area (Å²) in [5.74, 6) is 1.84. The number of carbonyl (C=O) groups excluding carboxylic acids is 1. The SMILES string of the molecule is CC(C)CNC(=O)C1CCn2ccnc2C1. The van der Waals surface area contributed by atoms with Crippen molar-refractivity contribution in [2.45, 2.75) is 33.2 Å². The Bertz CT molecular complexity index is 370. The molecule has 0 aromatic carbocycles. The molecule has 1 aromatic rings. The Morgan fingerprint density at radius 3 is 3.25 bits per heavy atom. The predicted octanol–water partition coefficient (Wildman–Crippen LogP) is 1.22. The van der Waals surface area contributed by atoms with Gasteiger partial charge in [-0.25, -0.2) is 4.98 Å². The van der Waals surface area contributed by atoms with Crippen LogP contribution >= 0.6 is 0 Å². The number of nitrogens with one attached hydrogen (secondary N) is 1. The molecular weight excluding hydrogens is 202 g/mol. The maximum atomic E-state index is 11.9. The van der Waals surface area contributed by atoms with E-state index in [0.717, 1.165) is 31.8 Å². The van der Waals surface area contributed by atoms with Gasteiger partial charge in [-0.05, 0) is 12.3 Å². The molecule has 2 heterocycles. The Balaban J connectivity index is 1.90. The molecule has 1 aliphatic rings. The van der Waals surface area contributed by atoms with E-state index >= 15 is 0 Å². The first kappa shape index (κ1) is 11.2. The van der Waals surface area contributed by atoms with Crippen LogP contribution in [0.5, 0.6) is 0 Å². The first-order valence-electron chi connectivity index (χ1n) is 5.94. The fourth-order valence-corrected chi connectivity index (χ4v) is 2.02. The van der Waals surface area contributed by atoms with Gasteiger partial charge in [-0.3, -0.25) is 4.79 Å². The minimum atomic E-state index is 0.105. The van der Waals surface area contributed by atoms with Crippen molar-refractivity contribution in [1.29, 1.82) is 0 Å². The lowest BCUT2D eigenvalue weighted by atomic mass is 9.97. The van der Waals surface area contributed by atoms with Gasteiger partial charge in [0.05, 0.1) is 0 Å². The molecular formula is C12H19N3O. The quantitative estimate of drug-likeness (QED) is 0.834. The lowest BCUT2D eigenvalue weighted by Gasteiger charge is -2.22. The molecule has 0 aliphatic carbocycles. The van der Waals surface area contributed by atoms with Gasteiger partial charge in [0.15, 0.2) is 0 Å². The molecule has 1 amide bonds. The molecule has 0 saturated heterocycles. The highest BCUT2D eigenvalue weighted by Gasteiger charge is 2.24. The largest absolute Gasteiger partial charge is 0.356 e. The average Bonchev–Trinajstić information content (AvgIpc) is 2.72. The second-order valence-corrected chi connectivity index (χ2v) is 4.87. The molecule has 2 rings (SSSR count). The summed E-state index contributed by atoms with van der Waals surface area (Å²) in [5.41, 5.74) is 0. The van der Waals surface area contributed by atoms with Crippen LogP contribution in [-0.4, -0.2) is 22.0 Å². The standard InChI is InChI=1S/C12H19N3O/c1-9(2)8-14-12(16)10-3-5-15-6-4-13-11(15)7-10/h4,6,9-10H,3,5,7-8H2,1-2H3,(H,14,16). The number of hydrogen-bond donors (Lipinski definition) is 1. The van der Waals surface area contributed by atoms with Gasteiger partial charge in [-0.15, -0.1) is 0 Å². The molecule has 16 heavy (non-hydrogen) atoms. The van der Waals surface area contributed by atoms with Crippen LogP contribution in [0.4, 0.5) is 0 Å². The Labute approximate surface area is 96.1 Å². The van der Waals surface area contributed by atoms with E-state index in [1.807, 2.05) is 12.4 Å².